The van der Waals surface area contributed by atoms with Crippen molar-refractivity contribution >= 4 is 22.8 Å². The maximum Gasteiger partial charge on any atom is 0.416 e. The van der Waals surface area contributed by atoms with Crippen LogP contribution in [0.5, 0.6) is 0 Å². The predicted octanol–water partition coefficient (Wildman–Crippen LogP) is 5.81. The summed E-state index contributed by atoms with van der Waals surface area (Å²) in [6.07, 6.45) is -3.02. The number of para-hydroxylation sites is 1. The van der Waals surface area contributed by atoms with Gasteiger partial charge in [-0.3, -0.25) is 4.79 Å². The fraction of sp³-hybridized carbons (Fsp3) is 0.192. The van der Waals surface area contributed by atoms with E-state index in [1.165, 1.54) is 18.3 Å². The number of benzene rings is 3. The van der Waals surface area contributed by atoms with E-state index in [2.05, 4.69) is 28.8 Å². The molecule has 8 heteroatoms. The van der Waals surface area contributed by atoms with Gasteiger partial charge < -0.3 is 4.90 Å². The molecule has 0 radical (unpaired) electrons. The zero-order valence-corrected chi connectivity index (χ0v) is 18.8. The standard InChI is InChI=1S/C26H23F3N4O/c1-3-32(4-2)21-14-12-18(13-15-21)17-30-33-24(19-8-7-9-20(16-19)26(27,28)29)31-23-11-6-5-10-22(23)25(33)34/h5-17H,3-4H2,1-2H3. The van der Waals surface area contributed by atoms with Gasteiger partial charge in [0.05, 0.1) is 22.7 Å². The molecular weight excluding hydrogens is 441 g/mol. The lowest BCUT2D eigenvalue weighted by atomic mass is 10.1. The van der Waals surface area contributed by atoms with Crippen LogP contribution in [-0.2, 0) is 6.18 Å². The summed E-state index contributed by atoms with van der Waals surface area (Å²) in [5.41, 5.74) is 1.05. The summed E-state index contributed by atoms with van der Waals surface area (Å²) < 4.78 is 41.0. The first kappa shape index (κ1) is 23.2. The number of nitrogens with zero attached hydrogens (tertiary/aromatic N) is 4. The zero-order chi connectivity index (χ0) is 24.3. The van der Waals surface area contributed by atoms with Crippen LogP contribution in [-0.4, -0.2) is 29.0 Å². The molecule has 0 fully saturated rings. The van der Waals surface area contributed by atoms with Gasteiger partial charge in [0.25, 0.3) is 5.56 Å². The van der Waals surface area contributed by atoms with Crippen molar-refractivity contribution in [1.29, 1.82) is 0 Å². The molecule has 4 aromatic rings. The monoisotopic (exact) mass is 464 g/mol. The second-order valence-electron chi connectivity index (χ2n) is 7.66. The Morgan fingerprint density at radius 1 is 0.971 bits per heavy atom. The molecule has 34 heavy (non-hydrogen) atoms. The van der Waals surface area contributed by atoms with Gasteiger partial charge in [-0.15, -0.1) is 0 Å². The molecule has 4 rings (SSSR count). The van der Waals surface area contributed by atoms with Gasteiger partial charge in [-0.1, -0.05) is 36.4 Å². The number of hydrogen-bond acceptors (Lipinski definition) is 4. The van der Waals surface area contributed by atoms with E-state index in [-0.39, 0.29) is 11.4 Å². The molecular formula is C26H23F3N4O. The maximum atomic E-state index is 13.3. The Morgan fingerprint density at radius 2 is 1.68 bits per heavy atom. The number of fused-ring (bicyclic) bond motifs is 1. The first-order valence-electron chi connectivity index (χ1n) is 10.9. The molecule has 0 atom stereocenters. The summed E-state index contributed by atoms with van der Waals surface area (Å²) in [4.78, 5) is 19.9. The van der Waals surface area contributed by atoms with Crippen LogP contribution < -0.4 is 10.5 Å². The summed E-state index contributed by atoms with van der Waals surface area (Å²) in [7, 11) is 0. The Labute approximate surface area is 194 Å². The second kappa shape index (κ2) is 9.51. The van der Waals surface area contributed by atoms with Crippen LogP contribution in [0.3, 0.4) is 0 Å². The summed E-state index contributed by atoms with van der Waals surface area (Å²) in [5.74, 6) is 0.0332. The van der Waals surface area contributed by atoms with Gasteiger partial charge in [-0.25, -0.2) is 4.98 Å². The number of aromatic nitrogens is 2. The largest absolute Gasteiger partial charge is 0.416 e. The number of alkyl halides is 3. The minimum Gasteiger partial charge on any atom is -0.372 e. The number of anilines is 1. The average Bonchev–Trinajstić information content (AvgIpc) is 2.84. The second-order valence-corrected chi connectivity index (χ2v) is 7.66. The molecule has 3 aromatic carbocycles. The molecule has 0 N–H and O–H groups in total. The summed E-state index contributed by atoms with van der Waals surface area (Å²) in [6, 6.07) is 19.1. The normalized spacial score (nSPS) is 11.9. The van der Waals surface area contributed by atoms with Gasteiger partial charge in [0, 0.05) is 24.3 Å². The topological polar surface area (TPSA) is 50.5 Å². The van der Waals surface area contributed by atoms with E-state index in [0.29, 0.717) is 10.9 Å². The highest BCUT2D eigenvalue weighted by atomic mass is 19.4. The van der Waals surface area contributed by atoms with Crippen LogP contribution in [0.25, 0.3) is 22.3 Å². The predicted molar refractivity (Wildman–Crippen MR) is 129 cm³/mol. The smallest absolute Gasteiger partial charge is 0.372 e. The molecule has 0 unspecified atom stereocenters. The van der Waals surface area contributed by atoms with E-state index in [1.807, 2.05) is 24.3 Å². The van der Waals surface area contributed by atoms with E-state index in [4.69, 9.17) is 0 Å². The Kier molecular flexibility index (Phi) is 6.49. The van der Waals surface area contributed by atoms with Crippen LogP contribution >= 0.6 is 0 Å². The van der Waals surface area contributed by atoms with E-state index in [1.54, 1.807) is 24.3 Å². The Morgan fingerprint density at radius 3 is 2.35 bits per heavy atom. The summed E-state index contributed by atoms with van der Waals surface area (Å²) in [5, 5.41) is 4.66. The molecule has 0 aliphatic heterocycles. The highest BCUT2D eigenvalue weighted by Gasteiger charge is 2.30. The molecule has 0 bridgehead atoms. The van der Waals surface area contributed by atoms with E-state index >= 15 is 0 Å². The van der Waals surface area contributed by atoms with Crippen LogP contribution in [0.1, 0.15) is 25.0 Å². The van der Waals surface area contributed by atoms with Gasteiger partial charge in [0.1, 0.15) is 0 Å². The van der Waals surface area contributed by atoms with Crippen LogP contribution in [0.2, 0.25) is 0 Å². The molecule has 0 aliphatic rings. The van der Waals surface area contributed by atoms with Crippen LogP contribution in [0.15, 0.2) is 82.7 Å². The van der Waals surface area contributed by atoms with Crippen molar-refractivity contribution in [3.63, 3.8) is 0 Å². The molecule has 0 saturated heterocycles. The minimum absolute atomic E-state index is 0.0332. The lowest BCUT2D eigenvalue weighted by molar-refractivity contribution is -0.137. The first-order valence-corrected chi connectivity index (χ1v) is 10.9. The molecule has 0 aliphatic carbocycles. The molecule has 1 heterocycles. The fourth-order valence-corrected chi connectivity index (χ4v) is 3.74. The molecule has 0 amide bonds. The minimum atomic E-state index is -4.52. The van der Waals surface area contributed by atoms with Crippen LogP contribution in [0, 0.1) is 0 Å². The maximum absolute atomic E-state index is 13.3. The van der Waals surface area contributed by atoms with Crippen molar-refractivity contribution in [2.45, 2.75) is 20.0 Å². The van der Waals surface area contributed by atoms with Gasteiger partial charge in [0.2, 0.25) is 0 Å². The third kappa shape index (κ3) is 4.71. The summed E-state index contributed by atoms with van der Waals surface area (Å²) in [6.45, 7) is 5.91. The van der Waals surface area contributed by atoms with Gasteiger partial charge >= 0.3 is 6.18 Å². The van der Waals surface area contributed by atoms with E-state index < -0.39 is 17.3 Å². The molecule has 0 saturated carbocycles. The van der Waals surface area contributed by atoms with E-state index in [0.717, 1.165) is 41.1 Å². The number of rotatable bonds is 6. The van der Waals surface area contributed by atoms with Crippen molar-refractivity contribution in [2.75, 3.05) is 18.0 Å². The Hall–Kier alpha value is -3.94. The number of halogens is 3. The third-order valence-corrected chi connectivity index (χ3v) is 5.55. The molecule has 5 nitrogen and oxygen atoms in total. The molecule has 1 aromatic heterocycles. The highest BCUT2D eigenvalue weighted by Crippen LogP contribution is 2.31. The lowest BCUT2D eigenvalue weighted by Crippen LogP contribution is -2.21. The highest BCUT2D eigenvalue weighted by molar-refractivity contribution is 5.82. The lowest BCUT2D eigenvalue weighted by Gasteiger charge is -2.20. The van der Waals surface area contributed by atoms with Crippen molar-refractivity contribution in [3.8, 4) is 11.4 Å². The average molecular weight is 464 g/mol. The quantitative estimate of drug-likeness (QED) is 0.339. The first-order chi connectivity index (χ1) is 16.3. The fourth-order valence-electron chi connectivity index (χ4n) is 3.74. The van der Waals surface area contributed by atoms with Crippen molar-refractivity contribution in [1.82, 2.24) is 9.66 Å². The Bertz CT molecular complexity index is 1390. The van der Waals surface area contributed by atoms with Crippen molar-refractivity contribution in [2.24, 2.45) is 5.10 Å². The Balaban J connectivity index is 1.82. The van der Waals surface area contributed by atoms with Gasteiger partial charge in [-0.05, 0) is 55.8 Å². The molecule has 0 spiro atoms. The van der Waals surface area contributed by atoms with Crippen molar-refractivity contribution < 1.29 is 13.2 Å². The SMILES string of the molecule is CCN(CC)c1ccc(C=Nn2c(-c3cccc(C(F)(F)F)c3)nc3ccccc3c2=O)cc1. The molecule has 174 valence electrons. The zero-order valence-electron chi connectivity index (χ0n) is 18.8. The number of hydrogen-bond donors (Lipinski definition) is 0. The van der Waals surface area contributed by atoms with Gasteiger partial charge in [0.15, 0.2) is 5.82 Å². The van der Waals surface area contributed by atoms with E-state index in [9.17, 15) is 18.0 Å². The van der Waals surface area contributed by atoms with Crippen molar-refractivity contribution in [3.05, 3.63) is 94.3 Å². The third-order valence-electron chi connectivity index (χ3n) is 5.55. The summed E-state index contributed by atoms with van der Waals surface area (Å²) >= 11 is 0. The van der Waals surface area contributed by atoms with Gasteiger partial charge in [-0.2, -0.15) is 22.9 Å². The van der Waals surface area contributed by atoms with Crippen LogP contribution in [0.4, 0.5) is 18.9 Å².